The van der Waals surface area contributed by atoms with Crippen LogP contribution in [0.2, 0.25) is 0 Å². The van der Waals surface area contributed by atoms with Gasteiger partial charge in [0.1, 0.15) is 0 Å². The van der Waals surface area contributed by atoms with E-state index in [1.807, 2.05) is 6.92 Å². The molecule has 0 bridgehead atoms. The molecule has 1 aromatic heterocycles. The van der Waals surface area contributed by atoms with E-state index in [-0.39, 0.29) is 11.8 Å². The maximum Gasteiger partial charge on any atom is 0.322 e. The Morgan fingerprint density at radius 2 is 2.11 bits per heavy atom. The highest BCUT2D eigenvalue weighted by Crippen LogP contribution is 2.23. The number of halogens is 2. The normalized spacial score (nSPS) is 10.4. The SMILES string of the molecule is Cc1ccc(F)c(Oc2ncc(CCl)c(C)n2)c1. The number of aromatic nitrogens is 2. The van der Waals surface area contributed by atoms with Crippen LogP contribution in [0.25, 0.3) is 0 Å². The van der Waals surface area contributed by atoms with Crippen molar-refractivity contribution in [3.8, 4) is 11.8 Å². The Balaban J connectivity index is 2.28. The van der Waals surface area contributed by atoms with Crippen LogP contribution in [0.15, 0.2) is 24.4 Å². The number of rotatable bonds is 3. The van der Waals surface area contributed by atoms with E-state index < -0.39 is 5.82 Å². The van der Waals surface area contributed by atoms with Crippen LogP contribution in [0.3, 0.4) is 0 Å². The average molecular weight is 267 g/mol. The molecule has 0 atom stereocenters. The zero-order chi connectivity index (χ0) is 13.1. The summed E-state index contributed by atoms with van der Waals surface area (Å²) in [6.45, 7) is 3.66. The monoisotopic (exact) mass is 266 g/mol. The topological polar surface area (TPSA) is 35.0 Å². The van der Waals surface area contributed by atoms with Crippen LogP contribution in [0.5, 0.6) is 11.8 Å². The van der Waals surface area contributed by atoms with Gasteiger partial charge in [-0.2, -0.15) is 4.98 Å². The molecule has 5 heteroatoms. The lowest BCUT2D eigenvalue weighted by atomic mass is 10.2. The fraction of sp³-hybridized carbons (Fsp3) is 0.231. The number of alkyl halides is 1. The molecule has 0 aliphatic carbocycles. The second kappa shape index (κ2) is 5.31. The van der Waals surface area contributed by atoms with Gasteiger partial charge >= 0.3 is 6.01 Å². The van der Waals surface area contributed by atoms with Gasteiger partial charge in [0.2, 0.25) is 0 Å². The summed E-state index contributed by atoms with van der Waals surface area (Å²) < 4.78 is 18.8. The van der Waals surface area contributed by atoms with Crippen molar-refractivity contribution >= 4 is 11.6 Å². The van der Waals surface area contributed by atoms with Gasteiger partial charge in [0.25, 0.3) is 0 Å². The van der Waals surface area contributed by atoms with Crippen LogP contribution in [-0.4, -0.2) is 9.97 Å². The summed E-state index contributed by atoms with van der Waals surface area (Å²) in [7, 11) is 0. The van der Waals surface area contributed by atoms with E-state index >= 15 is 0 Å². The Morgan fingerprint density at radius 3 is 2.78 bits per heavy atom. The third-order valence-corrected chi connectivity index (χ3v) is 2.78. The smallest absolute Gasteiger partial charge is 0.322 e. The Labute approximate surface area is 110 Å². The van der Waals surface area contributed by atoms with Crippen LogP contribution < -0.4 is 4.74 Å². The van der Waals surface area contributed by atoms with Gasteiger partial charge in [0, 0.05) is 17.5 Å². The van der Waals surface area contributed by atoms with Crippen LogP contribution in [0.1, 0.15) is 16.8 Å². The molecule has 3 nitrogen and oxygen atoms in total. The van der Waals surface area contributed by atoms with Crippen molar-refractivity contribution in [3.63, 3.8) is 0 Å². The highest BCUT2D eigenvalue weighted by Gasteiger charge is 2.08. The van der Waals surface area contributed by atoms with Gasteiger partial charge in [-0.05, 0) is 31.5 Å². The van der Waals surface area contributed by atoms with Crippen molar-refractivity contribution in [2.75, 3.05) is 0 Å². The molecule has 0 aliphatic heterocycles. The molecule has 0 aliphatic rings. The first kappa shape index (κ1) is 12.8. The summed E-state index contributed by atoms with van der Waals surface area (Å²) in [5.41, 5.74) is 2.46. The Kier molecular flexibility index (Phi) is 3.77. The molecule has 0 amide bonds. The number of hydrogen-bond acceptors (Lipinski definition) is 3. The minimum absolute atomic E-state index is 0.117. The van der Waals surface area contributed by atoms with E-state index in [2.05, 4.69) is 9.97 Å². The summed E-state index contributed by atoms with van der Waals surface area (Å²) in [6.07, 6.45) is 1.58. The first-order chi connectivity index (χ1) is 8.60. The first-order valence-corrected chi connectivity index (χ1v) is 5.96. The van der Waals surface area contributed by atoms with Crippen molar-refractivity contribution in [3.05, 3.63) is 47.0 Å². The van der Waals surface area contributed by atoms with Gasteiger partial charge < -0.3 is 4.74 Å². The molecule has 2 aromatic rings. The van der Waals surface area contributed by atoms with Gasteiger partial charge in [-0.15, -0.1) is 11.6 Å². The second-order valence-electron chi connectivity index (χ2n) is 3.93. The van der Waals surface area contributed by atoms with Crippen molar-refractivity contribution in [1.82, 2.24) is 9.97 Å². The lowest BCUT2D eigenvalue weighted by molar-refractivity contribution is 0.409. The van der Waals surface area contributed by atoms with Crippen molar-refractivity contribution < 1.29 is 9.13 Å². The molecule has 0 saturated heterocycles. The molecule has 0 N–H and O–H groups in total. The average Bonchev–Trinajstić information content (AvgIpc) is 2.34. The molecule has 0 fully saturated rings. The highest BCUT2D eigenvalue weighted by molar-refractivity contribution is 6.17. The lowest BCUT2D eigenvalue weighted by Gasteiger charge is -2.07. The van der Waals surface area contributed by atoms with Crippen molar-refractivity contribution in [2.45, 2.75) is 19.7 Å². The van der Waals surface area contributed by atoms with E-state index in [1.165, 1.54) is 6.07 Å². The number of benzene rings is 1. The van der Waals surface area contributed by atoms with Crippen LogP contribution in [0.4, 0.5) is 4.39 Å². The minimum atomic E-state index is -0.441. The molecular formula is C13H12ClFN2O. The molecule has 2 rings (SSSR count). The third kappa shape index (κ3) is 2.76. The predicted octanol–water partition coefficient (Wildman–Crippen LogP) is 3.76. The van der Waals surface area contributed by atoms with Crippen molar-refractivity contribution in [2.24, 2.45) is 0 Å². The molecule has 0 spiro atoms. The zero-order valence-electron chi connectivity index (χ0n) is 10.1. The molecule has 0 unspecified atom stereocenters. The van der Waals surface area contributed by atoms with Crippen molar-refractivity contribution in [1.29, 1.82) is 0 Å². The Bertz CT molecular complexity index is 575. The Hall–Kier alpha value is -1.68. The number of aryl methyl sites for hydroxylation is 2. The molecule has 0 radical (unpaired) electrons. The summed E-state index contributed by atoms with van der Waals surface area (Å²) in [4.78, 5) is 8.12. The molecular weight excluding hydrogens is 255 g/mol. The predicted molar refractivity (Wildman–Crippen MR) is 67.5 cm³/mol. The number of nitrogens with zero attached hydrogens (tertiary/aromatic N) is 2. The fourth-order valence-corrected chi connectivity index (χ4v) is 1.70. The molecule has 94 valence electrons. The van der Waals surface area contributed by atoms with E-state index in [0.717, 1.165) is 16.8 Å². The molecule has 1 aromatic carbocycles. The minimum Gasteiger partial charge on any atom is -0.421 e. The van der Waals surface area contributed by atoms with Gasteiger partial charge in [-0.3, -0.25) is 0 Å². The summed E-state index contributed by atoms with van der Waals surface area (Å²) in [5, 5.41) is 0. The van der Waals surface area contributed by atoms with Gasteiger partial charge in [-0.25, -0.2) is 9.37 Å². The van der Waals surface area contributed by atoms with Crippen LogP contribution in [0, 0.1) is 19.7 Å². The van der Waals surface area contributed by atoms with E-state index in [1.54, 1.807) is 25.3 Å². The maximum atomic E-state index is 13.5. The highest BCUT2D eigenvalue weighted by atomic mass is 35.5. The maximum absolute atomic E-state index is 13.5. The first-order valence-electron chi connectivity index (χ1n) is 5.42. The fourth-order valence-electron chi connectivity index (χ4n) is 1.44. The van der Waals surface area contributed by atoms with Gasteiger partial charge in [0.05, 0.1) is 5.88 Å². The zero-order valence-corrected chi connectivity index (χ0v) is 10.8. The number of hydrogen-bond donors (Lipinski definition) is 0. The van der Waals surface area contributed by atoms with E-state index in [4.69, 9.17) is 16.3 Å². The van der Waals surface area contributed by atoms with E-state index in [0.29, 0.717) is 5.88 Å². The summed E-state index contributed by atoms with van der Waals surface area (Å²) >= 11 is 5.71. The van der Waals surface area contributed by atoms with Gasteiger partial charge in [-0.1, -0.05) is 6.07 Å². The largest absolute Gasteiger partial charge is 0.421 e. The molecule has 0 saturated carbocycles. The third-order valence-electron chi connectivity index (χ3n) is 2.49. The summed E-state index contributed by atoms with van der Waals surface area (Å²) in [5.74, 6) is 0.0153. The second-order valence-corrected chi connectivity index (χ2v) is 4.20. The van der Waals surface area contributed by atoms with Gasteiger partial charge in [0.15, 0.2) is 11.6 Å². The Morgan fingerprint density at radius 1 is 1.33 bits per heavy atom. The molecule has 18 heavy (non-hydrogen) atoms. The van der Waals surface area contributed by atoms with E-state index in [9.17, 15) is 4.39 Å². The lowest BCUT2D eigenvalue weighted by Crippen LogP contribution is -1.98. The standard InChI is InChI=1S/C13H12ClFN2O/c1-8-3-4-11(15)12(5-8)18-13-16-7-10(6-14)9(2)17-13/h3-5,7H,6H2,1-2H3. The quantitative estimate of drug-likeness (QED) is 0.794. The number of ether oxygens (including phenoxy) is 1. The van der Waals surface area contributed by atoms with Crippen LogP contribution >= 0.6 is 11.6 Å². The van der Waals surface area contributed by atoms with Crippen LogP contribution in [-0.2, 0) is 5.88 Å². The summed E-state index contributed by atoms with van der Waals surface area (Å²) in [6, 6.07) is 4.74. The molecule has 1 heterocycles.